The second-order valence-electron chi connectivity index (χ2n) is 7.42. The normalized spacial score (nSPS) is 17.1. The van der Waals surface area contributed by atoms with Gasteiger partial charge >= 0.3 is 0 Å². The summed E-state index contributed by atoms with van der Waals surface area (Å²) in [6.45, 7) is 7.17. The number of benzene rings is 1. The molecule has 1 aromatic carbocycles. The number of nitrogens with zero attached hydrogens (tertiary/aromatic N) is 2. The van der Waals surface area contributed by atoms with Gasteiger partial charge < -0.3 is 0 Å². The van der Waals surface area contributed by atoms with E-state index >= 15 is 0 Å². The molecule has 1 aliphatic rings. The molecular formula is C22H30N2. The first kappa shape index (κ1) is 17.2. The van der Waals surface area contributed by atoms with Gasteiger partial charge in [-0.1, -0.05) is 50.6 Å². The van der Waals surface area contributed by atoms with Gasteiger partial charge in [0.25, 0.3) is 0 Å². The fraction of sp³-hybridized carbons (Fsp3) is 0.500. The zero-order valence-corrected chi connectivity index (χ0v) is 15.1. The topological polar surface area (TPSA) is 16.1 Å². The Morgan fingerprint density at radius 1 is 0.917 bits per heavy atom. The van der Waals surface area contributed by atoms with Crippen LogP contribution in [0, 0.1) is 5.92 Å². The monoisotopic (exact) mass is 322 g/mol. The van der Waals surface area contributed by atoms with Crippen molar-refractivity contribution < 1.29 is 0 Å². The summed E-state index contributed by atoms with van der Waals surface area (Å²) in [7, 11) is 0. The Labute approximate surface area is 146 Å². The van der Waals surface area contributed by atoms with Gasteiger partial charge in [0.15, 0.2) is 0 Å². The third-order valence-corrected chi connectivity index (χ3v) is 5.10. The molecule has 0 aliphatic carbocycles. The van der Waals surface area contributed by atoms with E-state index in [0.29, 0.717) is 6.04 Å². The minimum absolute atomic E-state index is 0.575. The Balaban J connectivity index is 1.78. The maximum Gasteiger partial charge on any atom is 0.0701 e. The molecule has 2 nitrogen and oxygen atoms in total. The number of aromatic nitrogens is 1. The molecule has 2 heterocycles. The van der Waals surface area contributed by atoms with Crippen LogP contribution in [-0.4, -0.2) is 23.0 Å². The largest absolute Gasteiger partial charge is 0.296 e. The molecule has 2 heteroatoms. The highest BCUT2D eigenvalue weighted by atomic mass is 15.2. The molecule has 0 spiro atoms. The highest BCUT2D eigenvalue weighted by molar-refractivity contribution is 5.59. The highest BCUT2D eigenvalue weighted by Gasteiger charge is 2.22. The maximum atomic E-state index is 4.46. The fourth-order valence-corrected chi connectivity index (χ4v) is 3.69. The molecular weight excluding hydrogens is 292 g/mol. The third-order valence-electron chi connectivity index (χ3n) is 5.10. The SMILES string of the molecule is CC(C)CC[C@@H](c1ccc(-c2ccccn2)cc1)N1CCCCC1. The van der Waals surface area contributed by atoms with Crippen LogP contribution >= 0.6 is 0 Å². The Bertz CT molecular complexity index is 598. The molecule has 0 saturated carbocycles. The summed E-state index contributed by atoms with van der Waals surface area (Å²) in [5, 5.41) is 0. The van der Waals surface area contributed by atoms with E-state index in [4.69, 9.17) is 0 Å². The molecule has 1 atom stereocenters. The molecule has 0 amide bonds. The predicted molar refractivity (Wildman–Crippen MR) is 102 cm³/mol. The van der Waals surface area contributed by atoms with Gasteiger partial charge in [0.1, 0.15) is 0 Å². The summed E-state index contributed by atoms with van der Waals surface area (Å²) in [6, 6.07) is 15.8. The molecule has 1 aromatic heterocycles. The van der Waals surface area contributed by atoms with Gasteiger partial charge in [-0.05, 0) is 62.4 Å². The molecule has 0 unspecified atom stereocenters. The van der Waals surface area contributed by atoms with Crippen LogP contribution in [-0.2, 0) is 0 Å². The van der Waals surface area contributed by atoms with E-state index in [0.717, 1.165) is 11.6 Å². The van der Waals surface area contributed by atoms with Gasteiger partial charge in [-0.15, -0.1) is 0 Å². The van der Waals surface area contributed by atoms with E-state index in [1.165, 1.54) is 56.3 Å². The highest BCUT2D eigenvalue weighted by Crippen LogP contribution is 2.31. The Hall–Kier alpha value is -1.67. The van der Waals surface area contributed by atoms with Gasteiger partial charge in [0.05, 0.1) is 5.69 Å². The lowest BCUT2D eigenvalue weighted by atomic mass is 9.93. The fourth-order valence-electron chi connectivity index (χ4n) is 3.69. The maximum absolute atomic E-state index is 4.46. The van der Waals surface area contributed by atoms with Gasteiger partial charge in [-0.25, -0.2) is 0 Å². The average Bonchev–Trinajstić information content (AvgIpc) is 2.64. The predicted octanol–water partition coefficient (Wildman–Crippen LogP) is 5.71. The van der Waals surface area contributed by atoms with E-state index in [-0.39, 0.29) is 0 Å². The van der Waals surface area contributed by atoms with Crippen molar-refractivity contribution in [2.75, 3.05) is 13.1 Å². The van der Waals surface area contributed by atoms with Crippen LogP contribution in [0.25, 0.3) is 11.3 Å². The molecule has 2 aromatic rings. The summed E-state index contributed by atoms with van der Waals surface area (Å²) in [5.41, 5.74) is 3.73. The molecule has 0 bridgehead atoms. The molecule has 0 radical (unpaired) electrons. The zero-order valence-electron chi connectivity index (χ0n) is 15.1. The summed E-state index contributed by atoms with van der Waals surface area (Å²) >= 11 is 0. The van der Waals surface area contributed by atoms with Crippen LogP contribution in [0.5, 0.6) is 0 Å². The van der Waals surface area contributed by atoms with E-state index in [1.54, 1.807) is 0 Å². The van der Waals surface area contributed by atoms with Crippen LogP contribution in [0.3, 0.4) is 0 Å². The van der Waals surface area contributed by atoms with Gasteiger partial charge in [-0.2, -0.15) is 0 Å². The van der Waals surface area contributed by atoms with E-state index < -0.39 is 0 Å². The van der Waals surface area contributed by atoms with Gasteiger partial charge in [0.2, 0.25) is 0 Å². The van der Waals surface area contributed by atoms with Crippen LogP contribution < -0.4 is 0 Å². The zero-order chi connectivity index (χ0) is 16.8. The van der Waals surface area contributed by atoms with Crippen LogP contribution in [0.15, 0.2) is 48.7 Å². The van der Waals surface area contributed by atoms with Crippen molar-refractivity contribution in [3.63, 3.8) is 0 Å². The Kier molecular flexibility index (Phi) is 6.03. The van der Waals surface area contributed by atoms with E-state index in [9.17, 15) is 0 Å². The number of hydrogen-bond donors (Lipinski definition) is 0. The quantitative estimate of drug-likeness (QED) is 0.677. The molecule has 1 aliphatic heterocycles. The Morgan fingerprint density at radius 2 is 1.67 bits per heavy atom. The number of rotatable bonds is 6. The molecule has 24 heavy (non-hydrogen) atoms. The first-order valence-electron chi connectivity index (χ1n) is 9.49. The number of piperidine rings is 1. The first-order chi connectivity index (χ1) is 11.7. The van der Waals surface area contributed by atoms with Gasteiger partial charge in [0, 0.05) is 17.8 Å². The lowest BCUT2D eigenvalue weighted by Gasteiger charge is -2.35. The van der Waals surface area contributed by atoms with Crippen molar-refractivity contribution >= 4 is 0 Å². The van der Waals surface area contributed by atoms with Crippen LogP contribution in [0.1, 0.15) is 57.6 Å². The summed E-state index contributed by atoms with van der Waals surface area (Å²) < 4.78 is 0. The lowest BCUT2D eigenvalue weighted by Crippen LogP contribution is -2.34. The molecule has 128 valence electrons. The number of likely N-dealkylation sites (tertiary alicyclic amines) is 1. The van der Waals surface area contributed by atoms with Crippen molar-refractivity contribution in [1.82, 2.24) is 9.88 Å². The molecule has 1 fully saturated rings. The van der Waals surface area contributed by atoms with Gasteiger partial charge in [-0.3, -0.25) is 9.88 Å². The second-order valence-corrected chi connectivity index (χ2v) is 7.42. The second kappa shape index (κ2) is 8.43. The molecule has 1 saturated heterocycles. The summed E-state index contributed by atoms with van der Waals surface area (Å²) in [4.78, 5) is 7.17. The van der Waals surface area contributed by atoms with Crippen molar-refractivity contribution in [2.24, 2.45) is 5.92 Å². The van der Waals surface area contributed by atoms with Crippen molar-refractivity contribution in [3.05, 3.63) is 54.2 Å². The standard InChI is InChI=1S/C22H30N2/c1-18(2)9-14-22(24-16-6-3-7-17-24)20-12-10-19(11-13-20)21-8-4-5-15-23-21/h4-5,8,10-13,15,18,22H,3,6-7,9,14,16-17H2,1-2H3/t22-/m0/s1. The van der Waals surface area contributed by atoms with Crippen LogP contribution in [0.4, 0.5) is 0 Å². The summed E-state index contributed by atoms with van der Waals surface area (Å²) in [6.07, 6.45) is 8.52. The first-order valence-corrected chi connectivity index (χ1v) is 9.49. The number of pyridine rings is 1. The average molecular weight is 322 g/mol. The molecule has 0 N–H and O–H groups in total. The third kappa shape index (κ3) is 4.45. The minimum Gasteiger partial charge on any atom is -0.296 e. The van der Waals surface area contributed by atoms with Crippen LogP contribution in [0.2, 0.25) is 0 Å². The summed E-state index contributed by atoms with van der Waals surface area (Å²) in [5.74, 6) is 0.769. The van der Waals surface area contributed by atoms with E-state index in [1.807, 2.05) is 12.3 Å². The van der Waals surface area contributed by atoms with Crippen molar-refractivity contribution in [1.29, 1.82) is 0 Å². The molecule has 3 rings (SSSR count). The smallest absolute Gasteiger partial charge is 0.0701 e. The Morgan fingerprint density at radius 3 is 2.29 bits per heavy atom. The van der Waals surface area contributed by atoms with Crippen molar-refractivity contribution in [3.8, 4) is 11.3 Å². The minimum atomic E-state index is 0.575. The number of hydrogen-bond acceptors (Lipinski definition) is 2. The lowest BCUT2D eigenvalue weighted by molar-refractivity contribution is 0.150. The van der Waals surface area contributed by atoms with E-state index in [2.05, 4.69) is 60.1 Å². The van der Waals surface area contributed by atoms with Crippen molar-refractivity contribution in [2.45, 2.75) is 52.0 Å².